The maximum atomic E-state index is 12.1. The minimum absolute atomic E-state index is 0.0679. The Morgan fingerprint density at radius 2 is 1.85 bits per heavy atom. The van der Waals surface area contributed by atoms with Crippen LogP contribution in [-0.2, 0) is 9.59 Å². The zero-order valence-corrected chi connectivity index (χ0v) is 12.9. The Kier molecular flexibility index (Phi) is 7.54. The Hall–Kier alpha value is -1.88. The SMILES string of the molecule is CCC(=O)/N=C(/C)CN(C(=O)CC)C(C)(C)CN=[N+]=[N-]. The molecule has 0 heterocycles. The molecular formula is C13H23N5O2. The van der Waals surface area contributed by atoms with E-state index in [0.29, 0.717) is 18.6 Å². The smallest absolute Gasteiger partial charge is 0.245 e. The van der Waals surface area contributed by atoms with E-state index in [9.17, 15) is 9.59 Å². The molecular weight excluding hydrogens is 258 g/mol. The maximum Gasteiger partial charge on any atom is 0.245 e. The van der Waals surface area contributed by atoms with Gasteiger partial charge in [-0.15, -0.1) is 0 Å². The van der Waals surface area contributed by atoms with Gasteiger partial charge >= 0.3 is 0 Å². The zero-order valence-electron chi connectivity index (χ0n) is 12.9. The molecule has 0 N–H and O–H groups in total. The van der Waals surface area contributed by atoms with E-state index < -0.39 is 5.54 Å². The molecule has 0 atom stereocenters. The van der Waals surface area contributed by atoms with E-state index >= 15 is 0 Å². The average Bonchev–Trinajstić information content (AvgIpc) is 2.41. The number of hydrogen-bond donors (Lipinski definition) is 0. The molecule has 0 spiro atoms. The third kappa shape index (κ3) is 5.84. The minimum atomic E-state index is -0.620. The molecule has 0 radical (unpaired) electrons. The Labute approximate surface area is 119 Å². The van der Waals surface area contributed by atoms with Gasteiger partial charge in [0, 0.05) is 35.5 Å². The molecule has 0 saturated carbocycles. The molecule has 0 aliphatic carbocycles. The summed E-state index contributed by atoms with van der Waals surface area (Å²) in [5.74, 6) is -0.277. The van der Waals surface area contributed by atoms with E-state index in [0.717, 1.165) is 0 Å². The Bertz CT molecular complexity index is 436. The number of amides is 2. The van der Waals surface area contributed by atoms with Crippen molar-refractivity contribution in [1.29, 1.82) is 0 Å². The van der Waals surface area contributed by atoms with Crippen molar-refractivity contribution in [3.8, 4) is 0 Å². The summed E-state index contributed by atoms with van der Waals surface area (Å²) in [5, 5.41) is 3.55. The summed E-state index contributed by atoms with van der Waals surface area (Å²) in [6, 6.07) is 0. The highest BCUT2D eigenvalue weighted by atomic mass is 16.2. The Balaban J connectivity index is 5.17. The summed E-state index contributed by atoms with van der Waals surface area (Å²) in [4.78, 5) is 31.6. The average molecular weight is 281 g/mol. The predicted molar refractivity (Wildman–Crippen MR) is 78.5 cm³/mol. The lowest BCUT2D eigenvalue weighted by molar-refractivity contribution is -0.134. The van der Waals surface area contributed by atoms with Crippen molar-refractivity contribution < 1.29 is 9.59 Å². The quantitative estimate of drug-likeness (QED) is 0.310. The van der Waals surface area contributed by atoms with Crippen LogP contribution in [0.25, 0.3) is 10.4 Å². The lowest BCUT2D eigenvalue weighted by Gasteiger charge is -2.37. The minimum Gasteiger partial charge on any atom is -0.332 e. The largest absolute Gasteiger partial charge is 0.332 e. The molecule has 112 valence electrons. The summed E-state index contributed by atoms with van der Waals surface area (Å²) in [7, 11) is 0. The van der Waals surface area contributed by atoms with E-state index in [1.165, 1.54) is 0 Å². The van der Waals surface area contributed by atoms with Gasteiger partial charge in [0.05, 0.1) is 6.54 Å². The predicted octanol–water partition coefficient (Wildman–Crippen LogP) is 2.71. The van der Waals surface area contributed by atoms with Gasteiger partial charge in [-0.25, -0.2) is 4.99 Å². The normalized spacial score (nSPS) is 11.8. The number of aliphatic imine (C=N–C) groups is 1. The number of nitrogens with zero attached hydrogens (tertiary/aromatic N) is 5. The molecule has 2 amide bonds. The van der Waals surface area contributed by atoms with Crippen LogP contribution in [0, 0.1) is 0 Å². The van der Waals surface area contributed by atoms with Crippen LogP contribution in [-0.4, -0.2) is 41.1 Å². The van der Waals surface area contributed by atoms with Crippen LogP contribution < -0.4 is 0 Å². The van der Waals surface area contributed by atoms with Crippen LogP contribution in [0.5, 0.6) is 0 Å². The second-order valence-electron chi connectivity index (χ2n) is 5.13. The first-order chi connectivity index (χ1) is 9.28. The van der Waals surface area contributed by atoms with Crippen LogP contribution in [0.4, 0.5) is 0 Å². The van der Waals surface area contributed by atoms with Crippen molar-refractivity contribution in [2.45, 2.75) is 53.0 Å². The highest BCUT2D eigenvalue weighted by Gasteiger charge is 2.29. The molecule has 0 aliphatic heterocycles. The van der Waals surface area contributed by atoms with Crippen LogP contribution in [0.3, 0.4) is 0 Å². The first kappa shape index (κ1) is 18.1. The van der Waals surface area contributed by atoms with Gasteiger partial charge in [0.25, 0.3) is 0 Å². The summed E-state index contributed by atoms with van der Waals surface area (Å²) in [5.41, 5.74) is 8.38. The fourth-order valence-electron chi connectivity index (χ4n) is 1.68. The van der Waals surface area contributed by atoms with Gasteiger partial charge in [0.15, 0.2) is 0 Å². The lowest BCUT2D eigenvalue weighted by Crippen LogP contribution is -2.51. The standard InChI is InChI=1S/C13H23N5O2/c1-6-11(19)16-10(3)8-18(12(20)7-2)13(4,5)9-15-17-14/h6-9H2,1-5H3/b16-10-. The molecule has 7 heteroatoms. The molecule has 0 bridgehead atoms. The van der Waals surface area contributed by atoms with Crippen LogP contribution in [0.1, 0.15) is 47.5 Å². The Morgan fingerprint density at radius 1 is 1.25 bits per heavy atom. The third-order valence-electron chi connectivity index (χ3n) is 2.86. The monoisotopic (exact) mass is 281 g/mol. The van der Waals surface area contributed by atoms with Crippen molar-refractivity contribution in [3.05, 3.63) is 10.4 Å². The number of rotatable bonds is 7. The summed E-state index contributed by atoms with van der Waals surface area (Å²) < 4.78 is 0. The Morgan fingerprint density at radius 3 is 2.30 bits per heavy atom. The van der Waals surface area contributed by atoms with E-state index in [1.54, 1.807) is 25.7 Å². The molecule has 0 aromatic carbocycles. The zero-order chi connectivity index (χ0) is 15.8. The maximum absolute atomic E-state index is 12.1. The van der Waals surface area contributed by atoms with Gasteiger partial charge in [-0.1, -0.05) is 19.0 Å². The van der Waals surface area contributed by atoms with Gasteiger partial charge < -0.3 is 4.90 Å². The summed E-state index contributed by atoms with van der Waals surface area (Å²) >= 11 is 0. The van der Waals surface area contributed by atoms with Gasteiger partial charge in [0.1, 0.15) is 0 Å². The highest BCUT2D eigenvalue weighted by molar-refractivity contribution is 5.97. The molecule has 0 saturated heterocycles. The van der Waals surface area contributed by atoms with Gasteiger partial charge in [-0.2, -0.15) is 0 Å². The third-order valence-corrected chi connectivity index (χ3v) is 2.86. The molecule has 0 rings (SSSR count). The first-order valence-corrected chi connectivity index (χ1v) is 6.66. The van der Waals surface area contributed by atoms with E-state index in [4.69, 9.17) is 5.53 Å². The molecule has 0 unspecified atom stereocenters. The van der Waals surface area contributed by atoms with Gasteiger partial charge in [0.2, 0.25) is 11.8 Å². The summed E-state index contributed by atoms with van der Waals surface area (Å²) in [6.07, 6.45) is 0.676. The topological polar surface area (TPSA) is 98.5 Å². The fourth-order valence-corrected chi connectivity index (χ4v) is 1.68. The summed E-state index contributed by atoms with van der Waals surface area (Å²) in [6.45, 7) is 9.29. The second-order valence-corrected chi connectivity index (χ2v) is 5.13. The van der Waals surface area contributed by atoms with Crippen LogP contribution >= 0.6 is 0 Å². The van der Waals surface area contributed by atoms with E-state index in [-0.39, 0.29) is 24.9 Å². The molecule has 0 aliphatic rings. The van der Waals surface area contributed by atoms with Crippen molar-refractivity contribution >= 4 is 17.5 Å². The first-order valence-electron chi connectivity index (χ1n) is 6.66. The number of hydrogen-bond acceptors (Lipinski definition) is 3. The van der Waals surface area contributed by atoms with Gasteiger partial charge in [-0.05, 0) is 26.3 Å². The van der Waals surface area contributed by atoms with Crippen molar-refractivity contribution in [2.75, 3.05) is 13.1 Å². The lowest BCUT2D eigenvalue weighted by atomic mass is 10.0. The molecule has 0 aromatic rings. The molecule has 0 aromatic heterocycles. The van der Waals surface area contributed by atoms with E-state index in [2.05, 4.69) is 15.0 Å². The molecule has 7 nitrogen and oxygen atoms in total. The second kappa shape index (κ2) is 8.32. The molecule has 20 heavy (non-hydrogen) atoms. The van der Waals surface area contributed by atoms with Crippen LogP contribution in [0.15, 0.2) is 10.1 Å². The van der Waals surface area contributed by atoms with Crippen molar-refractivity contribution in [2.24, 2.45) is 10.1 Å². The number of carbonyl (C=O) groups excluding carboxylic acids is 2. The van der Waals surface area contributed by atoms with E-state index in [1.807, 2.05) is 13.8 Å². The van der Waals surface area contributed by atoms with Crippen molar-refractivity contribution in [3.63, 3.8) is 0 Å². The number of azide groups is 1. The molecule has 0 fully saturated rings. The highest BCUT2D eigenvalue weighted by Crippen LogP contribution is 2.17. The number of carbonyl (C=O) groups is 2. The van der Waals surface area contributed by atoms with Gasteiger partial charge in [-0.3, -0.25) is 9.59 Å². The van der Waals surface area contributed by atoms with Crippen LogP contribution in [0.2, 0.25) is 0 Å². The van der Waals surface area contributed by atoms with Crippen molar-refractivity contribution in [1.82, 2.24) is 4.90 Å². The fraction of sp³-hybridized carbons (Fsp3) is 0.769.